The van der Waals surface area contributed by atoms with Crippen LogP contribution in [-0.2, 0) is 6.54 Å². The van der Waals surface area contributed by atoms with Gasteiger partial charge in [-0.15, -0.1) is 0 Å². The van der Waals surface area contributed by atoms with Gasteiger partial charge in [-0.05, 0) is 41.8 Å². The standard InChI is InChI=1S/C19H19FN2O2/c1-24-17-4-2-3-14(8-17)19-9-16(23)12-22(19)11-13-5-6-15(10-21)18(20)7-13/h2-8,16,19,23H,9,11-12H2,1H3/t16-,19+/m1/s1. The van der Waals surface area contributed by atoms with Crippen LogP contribution in [0.2, 0.25) is 0 Å². The summed E-state index contributed by atoms with van der Waals surface area (Å²) in [5.41, 5.74) is 1.90. The fourth-order valence-corrected chi connectivity index (χ4v) is 3.23. The summed E-state index contributed by atoms with van der Waals surface area (Å²) >= 11 is 0. The highest BCUT2D eigenvalue weighted by atomic mass is 19.1. The molecule has 0 unspecified atom stereocenters. The molecule has 1 heterocycles. The molecule has 0 amide bonds. The highest BCUT2D eigenvalue weighted by molar-refractivity contribution is 5.34. The van der Waals surface area contributed by atoms with Crippen molar-refractivity contribution in [3.8, 4) is 11.8 Å². The highest BCUT2D eigenvalue weighted by Crippen LogP contribution is 2.34. The molecule has 0 saturated carbocycles. The summed E-state index contributed by atoms with van der Waals surface area (Å²) in [5.74, 6) is 0.269. The second-order valence-corrected chi connectivity index (χ2v) is 6.04. The van der Waals surface area contributed by atoms with Crippen LogP contribution in [0.25, 0.3) is 0 Å². The minimum absolute atomic E-state index is 0.0459. The minimum Gasteiger partial charge on any atom is -0.497 e. The van der Waals surface area contributed by atoms with Gasteiger partial charge in [0.25, 0.3) is 0 Å². The fraction of sp³-hybridized carbons (Fsp3) is 0.316. The number of ether oxygens (including phenoxy) is 1. The predicted octanol–water partition coefficient (Wildman–Crippen LogP) is 3.01. The molecule has 1 saturated heterocycles. The third-order valence-electron chi connectivity index (χ3n) is 4.40. The molecule has 1 N–H and O–H groups in total. The van der Waals surface area contributed by atoms with Crippen molar-refractivity contribution in [3.05, 3.63) is 65.0 Å². The number of hydrogen-bond donors (Lipinski definition) is 1. The largest absolute Gasteiger partial charge is 0.497 e. The monoisotopic (exact) mass is 326 g/mol. The van der Waals surface area contributed by atoms with E-state index in [-0.39, 0.29) is 11.6 Å². The molecule has 1 fully saturated rings. The number of halogens is 1. The molecule has 0 aromatic heterocycles. The lowest BCUT2D eigenvalue weighted by Gasteiger charge is -2.25. The molecule has 3 rings (SSSR count). The molecule has 0 aliphatic carbocycles. The van der Waals surface area contributed by atoms with Crippen molar-refractivity contribution < 1.29 is 14.2 Å². The maximum Gasteiger partial charge on any atom is 0.141 e. The van der Waals surface area contributed by atoms with E-state index in [1.165, 1.54) is 12.1 Å². The SMILES string of the molecule is COc1cccc([C@@H]2C[C@@H](O)CN2Cc2ccc(C#N)c(F)c2)c1. The average molecular weight is 326 g/mol. The predicted molar refractivity (Wildman–Crippen MR) is 87.9 cm³/mol. The average Bonchev–Trinajstić information content (AvgIpc) is 2.95. The van der Waals surface area contributed by atoms with E-state index in [2.05, 4.69) is 4.90 Å². The van der Waals surface area contributed by atoms with Crippen LogP contribution in [0.1, 0.15) is 29.2 Å². The van der Waals surface area contributed by atoms with Gasteiger partial charge in [0, 0.05) is 19.1 Å². The topological polar surface area (TPSA) is 56.5 Å². The Morgan fingerprint density at radius 3 is 2.88 bits per heavy atom. The highest BCUT2D eigenvalue weighted by Gasteiger charge is 2.32. The van der Waals surface area contributed by atoms with Crippen LogP contribution in [0.15, 0.2) is 42.5 Å². The summed E-state index contributed by atoms with van der Waals surface area (Å²) in [4.78, 5) is 2.13. The molecule has 0 bridgehead atoms. The van der Waals surface area contributed by atoms with Gasteiger partial charge in [-0.2, -0.15) is 5.26 Å². The molecular formula is C19H19FN2O2. The van der Waals surface area contributed by atoms with E-state index in [9.17, 15) is 9.50 Å². The van der Waals surface area contributed by atoms with Gasteiger partial charge in [0.05, 0.1) is 18.8 Å². The van der Waals surface area contributed by atoms with Gasteiger partial charge in [0.2, 0.25) is 0 Å². The van der Waals surface area contributed by atoms with E-state index in [4.69, 9.17) is 10.00 Å². The quantitative estimate of drug-likeness (QED) is 0.938. The molecular weight excluding hydrogens is 307 g/mol. The first-order chi connectivity index (χ1) is 11.6. The molecule has 124 valence electrons. The molecule has 2 aromatic carbocycles. The smallest absolute Gasteiger partial charge is 0.141 e. The number of nitrogens with zero attached hydrogens (tertiary/aromatic N) is 2. The van der Waals surface area contributed by atoms with E-state index in [0.29, 0.717) is 19.5 Å². The number of methoxy groups -OCH3 is 1. The normalized spacial score (nSPS) is 20.8. The van der Waals surface area contributed by atoms with Crippen LogP contribution in [0.5, 0.6) is 5.75 Å². The summed E-state index contributed by atoms with van der Waals surface area (Å²) < 4.78 is 19.1. The van der Waals surface area contributed by atoms with Gasteiger partial charge in [-0.1, -0.05) is 18.2 Å². The number of nitriles is 1. The third kappa shape index (κ3) is 3.40. The Balaban J connectivity index is 1.83. The van der Waals surface area contributed by atoms with Gasteiger partial charge in [-0.3, -0.25) is 4.90 Å². The van der Waals surface area contributed by atoms with E-state index in [1.54, 1.807) is 13.2 Å². The van der Waals surface area contributed by atoms with E-state index in [1.807, 2.05) is 30.3 Å². The molecule has 5 heteroatoms. The number of aliphatic hydroxyl groups excluding tert-OH is 1. The maximum absolute atomic E-state index is 13.8. The Morgan fingerprint density at radius 2 is 2.17 bits per heavy atom. The molecule has 0 spiro atoms. The van der Waals surface area contributed by atoms with Gasteiger partial charge < -0.3 is 9.84 Å². The number of β-amino-alcohol motifs (C(OH)–C–C–N with tert-alkyl or cyclic N) is 1. The first-order valence-electron chi connectivity index (χ1n) is 7.85. The Bertz CT molecular complexity index is 772. The third-order valence-corrected chi connectivity index (χ3v) is 4.40. The Hall–Kier alpha value is -2.42. The van der Waals surface area contributed by atoms with Gasteiger partial charge >= 0.3 is 0 Å². The van der Waals surface area contributed by atoms with Gasteiger partial charge in [0.1, 0.15) is 17.6 Å². The summed E-state index contributed by atoms with van der Waals surface area (Å²) in [6, 6.07) is 14.3. The molecule has 1 aliphatic heterocycles. The van der Waals surface area contributed by atoms with Crippen molar-refractivity contribution in [3.63, 3.8) is 0 Å². The van der Waals surface area contributed by atoms with E-state index < -0.39 is 11.9 Å². The Morgan fingerprint density at radius 1 is 1.33 bits per heavy atom. The molecule has 4 nitrogen and oxygen atoms in total. The summed E-state index contributed by atoms with van der Waals surface area (Å²) in [6.07, 6.45) is 0.218. The first kappa shape index (κ1) is 16.4. The van der Waals surface area contributed by atoms with E-state index in [0.717, 1.165) is 16.9 Å². The Labute approximate surface area is 140 Å². The fourth-order valence-electron chi connectivity index (χ4n) is 3.23. The van der Waals surface area contributed by atoms with Crippen LogP contribution in [0, 0.1) is 17.1 Å². The lowest BCUT2D eigenvalue weighted by molar-refractivity contribution is 0.172. The maximum atomic E-state index is 13.8. The van der Waals surface area contributed by atoms with Crippen molar-refractivity contribution in [1.29, 1.82) is 5.26 Å². The number of rotatable bonds is 4. The van der Waals surface area contributed by atoms with Crippen molar-refractivity contribution >= 4 is 0 Å². The second-order valence-electron chi connectivity index (χ2n) is 6.04. The van der Waals surface area contributed by atoms with Crippen LogP contribution in [-0.4, -0.2) is 29.8 Å². The van der Waals surface area contributed by atoms with Crippen LogP contribution in [0.4, 0.5) is 4.39 Å². The number of hydrogen-bond acceptors (Lipinski definition) is 4. The van der Waals surface area contributed by atoms with Gasteiger partial charge in [0.15, 0.2) is 0 Å². The molecule has 24 heavy (non-hydrogen) atoms. The molecule has 2 aromatic rings. The van der Waals surface area contributed by atoms with Crippen molar-refractivity contribution in [2.45, 2.75) is 25.1 Å². The lowest BCUT2D eigenvalue weighted by atomic mass is 10.0. The van der Waals surface area contributed by atoms with E-state index >= 15 is 0 Å². The van der Waals surface area contributed by atoms with Crippen LogP contribution in [0.3, 0.4) is 0 Å². The number of aliphatic hydroxyl groups is 1. The van der Waals surface area contributed by atoms with Crippen molar-refractivity contribution in [2.75, 3.05) is 13.7 Å². The van der Waals surface area contributed by atoms with Gasteiger partial charge in [-0.25, -0.2) is 4.39 Å². The first-order valence-corrected chi connectivity index (χ1v) is 7.85. The van der Waals surface area contributed by atoms with Crippen LogP contribution >= 0.6 is 0 Å². The minimum atomic E-state index is -0.507. The number of likely N-dealkylation sites (tertiary alicyclic amines) is 1. The zero-order valence-corrected chi connectivity index (χ0v) is 13.4. The molecule has 2 atom stereocenters. The number of benzene rings is 2. The lowest BCUT2D eigenvalue weighted by Crippen LogP contribution is -2.24. The molecule has 0 radical (unpaired) electrons. The summed E-state index contributed by atoms with van der Waals surface area (Å²) in [6.45, 7) is 1.05. The zero-order chi connectivity index (χ0) is 17.1. The summed E-state index contributed by atoms with van der Waals surface area (Å²) in [5, 5.41) is 18.9. The zero-order valence-electron chi connectivity index (χ0n) is 13.4. The second kappa shape index (κ2) is 7.00. The summed E-state index contributed by atoms with van der Waals surface area (Å²) in [7, 11) is 1.62. The molecule has 1 aliphatic rings. The van der Waals surface area contributed by atoms with Crippen molar-refractivity contribution in [1.82, 2.24) is 4.90 Å². The Kier molecular flexibility index (Phi) is 4.79. The van der Waals surface area contributed by atoms with Crippen LogP contribution < -0.4 is 4.74 Å². The van der Waals surface area contributed by atoms with Crippen molar-refractivity contribution in [2.24, 2.45) is 0 Å².